The summed E-state index contributed by atoms with van der Waals surface area (Å²) in [5.41, 5.74) is 3.58. The number of rotatable bonds is 7. The lowest BCUT2D eigenvalue weighted by molar-refractivity contribution is 0.0734. The molecule has 0 atom stereocenters. The van der Waals surface area contributed by atoms with Crippen LogP contribution in [0.25, 0.3) is 0 Å². The van der Waals surface area contributed by atoms with E-state index in [0.717, 1.165) is 61.4 Å². The first-order chi connectivity index (χ1) is 17.1. The number of urea groups is 1. The molecule has 2 rings (SSSR count). The van der Waals surface area contributed by atoms with E-state index in [1.165, 1.54) is 12.8 Å². The molecule has 36 heavy (non-hydrogen) atoms. The maximum atomic E-state index is 13.1. The first kappa shape index (κ1) is 35.6. The fourth-order valence-corrected chi connectivity index (χ4v) is 3.41. The van der Waals surface area contributed by atoms with E-state index in [1.807, 2.05) is 17.0 Å². The van der Waals surface area contributed by atoms with E-state index >= 15 is 0 Å². The van der Waals surface area contributed by atoms with Gasteiger partial charge in [-0.15, -0.1) is 12.8 Å². The topological polar surface area (TPSA) is 73.5 Å². The number of carbonyl (C=O) groups is 2. The van der Waals surface area contributed by atoms with Gasteiger partial charge in [-0.05, 0) is 47.9 Å². The lowest BCUT2D eigenvalue weighted by Crippen LogP contribution is -2.46. The molecule has 6 heteroatoms. The largest absolute Gasteiger partial charge is 0.338 e. The van der Waals surface area contributed by atoms with Crippen LogP contribution in [0.5, 0.6) is 0 Å². The van der Waals surface area contributed by atoms with Crippen LogP contribution in [0.1, 0.15) is 96.6 Å². The molecular formula is C30H54N4O2. The van der Waals surface area contributed by atoms with Gasteiger partial charge in [0.2, 0.25) is 0 Å². The zero-order valence-corrected chi connectivity index (χ0v) is 24.6. The zero-order valence-electron chi connectivity index (χ0n) is 24.6. The number of piperazine rings is 1. The Kier molecular flexibility index (Phi) is 21.5. The van der Waals surface area contributed by atoms with Crippen LogP contribution in [0.15, 0.2) is 12.1 Å². The quantitative estimate of drug-likeness (QED) is 0.380. The van der Waals surface area contributed by atoms with E-state index in [9.17, 15) is 9.59 Å². The van der Waals surface area contributed by atoms with Crippen molar-refractivity contribution in [2.75, 3.05) is 38.0 Å². The summed E-state index contributed by atoms with van der Waals surface area (Å²) in [6.45, 7) is 22.7. The predicted molar refractivity (Wildman–Crippen MR) is 157 cm³/mol. The first-order valence-electron chi connectivity index (χ1n) is 13.7. The summed E-state index contributed by atoms with van der Waals surface area (Å²) in [7, 11) is 0. The molecule has 1 saturated heterocycles. The van der Waals surface area contributed by atoms with E-state index in [0.29, 0.717) is 18.4 Å². The van der Waals surface area contributed by atoms with Crippen LogP contribution in [0.4, 0.5) is 10.5 Å². The minimum atomic E-state index is -0.193. The van der Waals surface area contributed by atoms with Gasteiger partial charge in [0.15, 0.2) is 0 Å². The number of hydrogen-bond donors (Lipinski definition) is 3. The maximum absolute atomic E-state index is 13.1. The minimum Gasteiger partial charge on any atom is -0.338 e. The molecule has 1 fully saturated rings. The Bertz CT molecular complexity index is 749. The van der Waals surface area contributed by atoms with E-state index < -0.39 is 0 Å². The van der Waals surface area contributed by atoms with Gasteiger partial charge in [-0.1, -0.05) is 75.2 Å². The van der Waals surface area contributed by atoms with Crippen LogP contribution >= 0.6 is 0 Å². The fourth-order valence-electron chi connectivity index (χ4n) is 3.41. The molecule has 0 bridgehead atoms. The summed E-state index contributed by atoms with van der Waals surface area (Å²) in [6.07, 6.45) is 12.1. The Morgan fingerprint density at radius 1 is 0.917 bits per heavy atom. The van der Waals surface area contributed by atoms with Gasteiger partial charge in [-0.3, -0.25) is 4.79 Å². The molecule has 1 aromatic carbocycles. The molecule has 6 nitrogen and oxygen atoms in total. The molecule has 0 radical (unpaired) electrons. The molecule has 0 saturated carbocycles. The average molecular weight is 503 g/mol. The minimum absolute atomic E-state index is 0.0964. The summed E-state index contributed by atoms with van der Waals surface area (Å²) in [5, 5.41) is 9.20. The number of amides is 3. The number of carbonyl (C=O) groups excluding carboxylic acids is 2. The van der Waals surface area contributed by atoms with Crippen molar-refractivity contribution in [1.29, 1.82) is 0 Å². The van der Waals surface area contributed by atoms with Crippen LogP contribution in [0, 0.1) is 24.7 Å². The van der Waals surface area contributed by atoms with Gasteiger partial charge in [0.1, 0.15) is 0 Å². The van der Waals surface area contributed by atoms with Gasteiger partial charge in [0.25, 0.3) is 5.91 Å². The summed E-state index contributed by atoms with van der Waals surface area (Å²) < 4.78 is 0. The van der Waals surface area contributed by atoms with Crippen molar-refractivity contribution in [3.8, 4) is 12.8 Å². The van der Waals surface area contributed by atoms with Gasteiger partial charge in [-0.2, -0.15) is 0 Å². The number of nitrogens with one attached hydrogen (secondary N) is 3. The average Bonchev–Trinajstić information content (AvgIpc) is 2.85. The number of nitrogens with zero attached hydrogens (tertiary/aromatic N) is 1. The number of anilines is 1. The molecule has 0 unspecified atom stereocenters. The van der Waals surface area contributed by atoms with Gasteiger partial charge >= 0.3 is 6.03 Å². The predicted octanol–water partition coefficient (Wildman–Crippen LogP) is 6.35. The zero-order chi connectivity index (χ0) is 28.1. The number of terminal acetylenes is 1. The molecule has 0 aliphatic carbocycles. The highest BCUT2D eigenvalue weighted by Gasteiger charge is 2.22. The summed E-state index contributed by atoms with van der Waals surface area (Å²) in [4.78, 5) is 27.4. The smallest absolute Gasteiger partial charge is 0.319 e. The Labute approximate surface area is 222 Å². The third-order valence-corrected chi connectivity index (χ3v) is 4.89. The highest BCUT2D eigenvalue weighted by molar-refractivity contribution is 5.98. The van der Waals surface area contributed by atoms with E-state index in [4.69, 9.17) is 0 Å². The van der Waals surface area contributed by atoms with Crippen molar-refractivity contribution in [1.82, 2.24) is 15.5 Å². The van der Waals surface area contributed by atoms with Crippen LogP contribution in [-0.2, 0) is 12.8 Å². The van der Waals surface area contributed by atoms with E-state index in [-0.39, 0.29) is 11.9 Å². The van der Waals surface area contributed by atoms with Crippen molar-refractivity contribution in [3.05, 3.63) is 28.8 Å². The molecule has 3 N–H and O–H groups in total. The van der Waals surface area contributed by atoms with Gasteiger partial charge < -0.3 is 20.9 Å². The lowest BCUT2D eigenvalue weighted by Gasteiger charge is -2.29. The van der Waals surface area contributed by atoms with Crippen LogP contribution in [-0.4, -0.2) is 49.6 Å². The van der Waals surface area contributed by atoms with Crippen molar-refractivity contribution in [2.45, 2.75) is 88.0 Å². The molecule has 1 aliphatic heterocycles. The molecule has 206 valence electrons. The van der Waals surface area contributed by atoms with Crippen molar-refractivity contribution >= 4 is 17.6 Å². The summed E-state index contributed by atoms with van der Waals surface area (Å²) in [6, 6.07) is 3.80. The summed E-state index contributed by atoms with van der Waals surface area (Å²) >= 11 is 0. The lowest BCUT2D eigenvalue weighted by atomic mass is 9.94. The third-order valence-electron chi connectivity index (χ3n) is 4.89. The highest BCUT2D eigenvalue weighted by Crippen LogP contribution is 2.26. The normalized spacial score (nSPS) is 12.3. The number of aryl methyl sites for hydroxylation is 1. The molecule has 0 aromatic heterocycles. The summed E-state index contributed by atoms with van der Waals surface area (Å²) in [5.74, 6) is 0.916. The van der Waals surface area contributed by atoms with E-state index in [1.54, 1.807) is 0 Å². The SMILES string of the molecule is C#C.CCC.CCC.CCc1cc(NC(=O)NCC(C)C)c(CC(C)C)cc1C(=O)N1CCNCC1. The van der Waals surface area contributed by atoms with Crippen molar-refractivity contribution in [3.63, 3.8) is 0 Å². The van der Waals surface area contributed by atoms with E-state index in [2.05, 4.69) is 91.1 Å². The molecule has 1 heterocycles. The number of hydrogen-bond acceptors (Lipinski definition) is 3. The van der Waals surface area contributed by atoms with Gasteiger partial charge in [-0.25, -0.2) is 4.79 Å². The second kappa shape index (κ2) is 21.7. The standard InChI is InChI=1S/C22H36N4O2.2C3H8.C2H2/c1-6-17-13-20(25-22(28)24-14-16(4)5)18(11-15(2)3)12-19(17)21(27)26-9-7-23-8-10-26;2*1-3-2;1-2/h12-13,15-16,23H,6-11,14H2,1-5H3,(H2,24,25,28);2*3H2,1-2H3;1-2H. The molecular weight excluding hydrogens is 448 g/mol. The second-order valence-corrected chi connectivity index (χ2v) is 9.80. The Morgan fingerprint density at radius 2 is 1.44 bits per heavy atom. The molecule has 1 aromatic rings. The Hall–Kier alpha value is -2.52. The second-order valence-electron chi connectivity index (χ2n) is 9.80. The molecule has 0 spiro atoms. The first-order valence-corrected chi connectivity index (χ1v) is 13.7. The molecule has 1 aliphatic rings. The van der Waals surface area contributed by atoms with Crippen LogP contribution in [0.3, 0.4) is 0 Å². The van der Waals surface area contributed by atoms with Crippen LogP contribution in [0.2, 0.25) is 0 Å². The third kappa shape index (κ3) is 14.8. The molecule has 3 amide bonds. The number of benzene rings is 1. The maximum Gasteiger partial charge on any atom is 0.319 e. The fraction of sp³-hybridized carbons (Fsp3) is 0.667. The van der Waals surface area contributed by atoms with Crippen molar-refractivity contribution in [2.24, 2.45) is 11.8 Å². The van der Waals surface area contributed by atoms with Gasteiger partial charge in [0.05, 0.1) is 0 Å². The van der Waals surface area contributed by atoms with Crippen molar-refractivity contribution < 1.29 is 9.59 Å². The van der Waals surface area contributed by atoms with Gasteiger partial charge in [0, 0.05) is 44.0 Å². The Balaban J connectivity index is 0. The van der Waals surface area contributed by atoms with Crippen LogP contribution < -0.4 is 16.0 Å². The monoisotopic (exact) mass is 502 g/mol. The Morgan fingerprint density at radius 3 is 1.89 bits per heavy atom. The highest BCUT2D eigenvalue weighted by atomic mass is 16.2.